The van der Waals surface area contributed by atoms with Crippen LogP contribution in [0, 0.1) is 11.7 Å². The fourth-order valence-electron chi connectivity index (χ4n) is 1.88. The van der Waals surface area contributed by atoms with Crippen molar-refractivity contribution in [1.29, 1.82) is 0 Å². The molecular weight excluding hydrogens is 354 g/mol. The predicted molar refractivity (Wildman–Crippen MR) is 75.9 cm³/mol. The van der Waals surface area contributed by atoms with Crippen molar-refractivity contribution < 1.29 is 22.4 Å². The maximum absolute atomic E-state index is 13.2. The highest BCUT2D eigenvalue weighted by Crippen LogP contribution is 2.31. The fraction of sp³-hybridized carbons (Fsp3) is 0.500. The second kappa shape index (κ2) is 7.24. The molecule has 0 aliphatic rings. The first-order chi connectivity index (χ1) is 9.65. The van der Waals surface area contributed by atoms with Crippen LogP contribution in [-0.2, 0) is 6.18 Å². The summed E-state index contributed by atoms with van der Waals surface area (Å²) in [5.41, 5.74) is -1.65. The van der Waals surface area contributed by atoms with Gasteiger partial charge >= 0.3 is 6.18 Å². The summed E-state index contributed by atoms with van der Waals surface area (Å²) in [7, 11) is 0. The Bertz CT molecular complexity index is 502. The van der Waals surface area contributed by atoms with Gasteiger partial charge in [-0.3, -0.25) is 4.79 Å². The van der Waals surface area contributed by atoms with Crippen molar-refractivity contribution in [3.05, 3.63) is 35.1 Å². The first-order valence-corrected chi connectivity index (χ1v) is 7.50. The van der Waals surface area contributed by atoms with Crippen molar-refractivity contribution in [3.8, 4) is 0 Å². The van der Waals surface area contributed by atoms with Gasteiger partial charge in [-0.05, 0) is 30.5 Å². The van der Waals surface area contributed by atoms with E-state index < -0.39 is 23.5 Å². The number of carbonyl (C=O) groups excluding carboxylic acids is 1. The zero-order chi connectivity index (χ0) is 16.2. The van der Waals surface area contributed by atoms with E-state index >= 15 is 0 Å². The molecule has 1 N–H and O–H groups in total. The van der Waals surface area contributed by atoms with Gasteiger partial charge < -0.3 is 5.32 Å². The van der Waals surface area contributed by atoms with E-state index in [0.29, 0.717) is 29.8 Å². The normalized spacial score (nSPS) is 13.3. The highest BCUT2D eigenvalue weighted by molar-refractivity contribution is 9.09. The Morgan fingerprint density at radius 2 is 1.95 bits per heavy atom. The van der Waals surface area contributed by atoms with Crippen LogP contribution in [-0.4, -0.2) is 17.3 Å². The molecule has 2 nitrogen and oxygen atoms in total. The number of nitrogens with one attached hydrogen (secondary N) is 1. The number of halogens is 5. The number of rotatable bonds is 5. The molecule has 1 aromatic carbocycles. The first kappa shape index (κ1) is 17.9. The second-order valence-electron chi connectivity index (χ2n) is 5.15. The van der Waals surface area contributed by atoms with Gasteiger partial charge in [0.2, 0.25) is 0 Å². The molecule has 1 aromatic rings. The van der Waals surface area contributed by atoms with Gasteiger partial charge in [-0.15, -0.1) is 0 Å². The summed E-state index contributed by atoms with van der Waals surface area (Å²) in [6, 6.07) is 2.03. The van der Waals surface area contributed by atoms with Crippen LogP contribution in [0.3, 0.4) is 0 Å². The third-order valence-corrected chi connectivity index (χ3v) is 3.59. The van der Waals surface area contributed by atoms with Gasteiger partial charge in [0.05, 0.1) is 5.56 Å². The predicted octanol–water partition coefficient (Wildman–Crippen LogP) is 4.38. The average Bonchev–Trinajstić information content (AvgIpc) is 2.36. The number of hydrogen-bond acceptors (Lipinski definition) is 1. The molecule has 0 aliphatic carbocycles. The van der Waals surface area contributed by atoms with Crippen molar-refractivity contribution in [1.82, 2.24) is 5.32 Å². The van der Waals surface area contributed by atoms with E-state index in [9.17, 15) is 22.4 Å². The van der Waals surface area contributed by atoms with E-state index in [1.165, 1.54) is 0 Å². The van der Waals surface area contributed by atoms with Crippen molar-refractivity contribution in [3.63, 3.8) is 0 Å². The van der Waals surface area contributed by atoms with E-state index in [4.69, 9.17) is 0 Å². The van der Waals surface area contributed by atoms with Crippen LogP contribution in [0.25, 0.3) is 0 Å². The van der Waals surface area contributed by atoms with Crippen LogP contribution in [0.2, 0.25) is 0 Å². The van der Waals surface area contributed by atoms with Crippen molar-refractivity contribution in [2.24, 2.45) is 5.92 Å². The van der Waals surface area contributed by atoms with Gasteiger partial charge in [-0.2, -0.15) is 13.2 Å². The molecule has 0 spiro atoms. The molecular formula is C14H16BrF4NO. The summed E-state index contributed by atoms with van der Waals surface area (Å²) in [5.74, 6) is -1.71. The molecule has 1 rings (SSSR count). The molecule has 0 aliphatic heterocycles. The summed E-state index contributed by atoms with van der Waals surface area (Å²) < 4.78 is 51.0. The first-order valence-electron chi connectivity index (χ1n) is 6.38. The van der Waals surface area contributed by atoms with Gasteiger partial charge in [-0.1, -0.05) is 29.8 Å². The summed E-state index contributed by atoms with van der Waals surface area (Å²) in [6.45, 7) is 3.95. The number of hydrogen-bond donors (Lipinski definition) is 1. The molecule has 1 amide bonds. The van der Waals surface area contributed by atoms with Gasteiger partial charge in [-0.25, -0.2) is 4.39 Å². The molecule has 0 heterocycles. The summed E-state index contributed by atoms with van der Waals surface area (Å²) in [5, 5.41) is 3.13. The largest absolute Gasteiger partial charge is 0.419 e. The molecule has 1 unspecified atom stereocenters. The molecule has 0 fully saturated rings. The van der Waals surface area contributed by atoms with Gasteiger partial charge in [0.15, 0.2) is 0 Å². The molecule has 118 valence electrons. The van der Waals surface area contributed by atoms with Crippen LogP contribution >= 0.6 is 15.9 Å². The third-order valence-electron chi connectivity index (χ3n) is 2.81. The number of amides is 1. The quantitative estimate of drug-likeness (QED) is 0.605. The Balaban J connectivity index is 2.93. The Labute approximate surface area is 129 Å². The smallest absolute Gasteiger partial charge is 0.348 e. The minimum atomic E-state index is -4.83. The number of benzene rings is 1. The van der Waals surface area contributed by atoms with E-state index in [1.54, 1.807) is 0 Å². The molecule has 0 bridgehead atoms. The van der Waals surface area contributed by atoms with Crippen LogP contribution in [0.4, 0.5) is 17.6 Å². The lowest BCUT2D eigenvalue weighted by molar-refractivity contribution is -0.140. The third kappa shape index (κ3) is 5.30. The SMILES string of the molecule is CC(C)CC(CBr)NC(=O)c1ccc(F)c(C(F)(F)F)c1. The summed E-state index contributed by atoms with van der Waals surface area (Å²) in [4.78, 5) is 12.0. The number of alkyl halides is 4. The topological polar surface area (TPSA) is 29.1 Å². The molecule has 0 radical (unpaired) electrons. The van der Waals surface area contributed by atoms with Crippen LogP contribution < -0.4 is 5.32 Å². The lowest BCUT2D eigenvalue weighted by Gasteiger charge is -2.18. The molecule has 0 aromatic heterocycles. The summed E-state index contributed by atoms with van der Waals surface area (Å²) in [6.07, 6.45) is -4.14. The molecule has 21 heavy (non-hydrogen) atoms. The highest BCUT2D eigenvalue weighted by Gasteiger charge is 2.34. The van der Waals surface area contributed by atoms with Crippen LogP contribution in [0.1, 0.15) is 36.2 Å². The zero-order valence-electron chi connectivity index (χ0n) is 11.6. The summed E-state index contributed by atoms with van der Waals surface area (Å²) >= 11 is 3.25. The van der Waals surface area contributed by atoms with E-state index in [1.807, 2.05) is 13.8 Å². The minimum Gasteiger partial charge on any atom is -0.348 e. The maximum atomic E-state index is 13.2. The van der Waals surface area contributed by atoms with Crippen LogP contribution in [0.15, 0.2) is 18.2 Å². The average molecular weight is 370 g/mol. The van der Waals surface area contributed by atoms with Crippen LogP contribution in [0.5, 0.6) is 0 Å². The second-order valence-corrected chi connectivity index (χ2v) is 5.79. The van der Waals surface area contributed by atoms with Crippen molar-refractivity contribution >= 4 is 21.8 Å². The highest BCUT2D eigenvalue weighted by atomic mass is 79.9. The molecule has 0 saturated heterocycles. The molecule has 7 heteroatoms. The van der Waals surface area contributed by atoms with Crippen molar-refractivity contribution in [2.45, 2.75) is 32.5 Å². The lowest BCUT2D eigenvalue weighted by atomic mass is 10.0. The fourth-order valence-corrected chi connectivity index (χ4v) is 2.31. The van der Waals surface area contributed by atoms with E-state index in [0.717, 1.165) is 6.07 Å². The zero-order valence-corrected chi connectivity index (χ0v) is 13.2. The molecule has 0 saturated carbocycles. The maximum Gasteiger partial charge on any atom is 0.419 e. The standard InChI is InChI=1S/C14H16BrF4NO/c1-8(2)5-10(7-15)20-13(21)9-3-4-12(16)11(6-9)14(17,18)19/h3-4,6,8,10H,5,7H2,1-2H3,(H,20,21). The Kier molecular flexibility index (Phi) is 6.19. The lowest BCUT2D eigenvalue weighted by Crippen LogP contribution is -2.37. The monoisotopic (exact) mass is 369 g/mol. The van der Waals surface area contributed by atoms with Crippen molar-refractivity contribution in [2.75, 3.05) is 5.33 Å². The van der Waals surface area contributed by atoms with E-state index in [-0.39, 0.29) is 11.6 Å². The molecule has 1 atom stereocenters. The van der Waals surface area contributed by atoms with Gasteiger partial charge in [0.25, 0.3) is 5.91 Å². The minimum absolute atomic E-state index is 0.197. The van der Waals surface area contributed by atoms with E-state index in [2.05, 4.69) is 21.2 Å². The Morgan fingerprint density at radius 3 is 2.43 bits per heavy atom. The Morgan fingerprint density at radius 1 is 1.33 bits per heavy atom. The van der Waals surface area contributed by atoms with Gasteiger partial charge in [0.1, 0.15) is 5.82 Å². The Hall–Kier alpha value is -1.11. The van der Waals surface area contributed by atoms with Gasteiger partial charge in [0, 0.05) is 16.9 Å². The number of carbonyl (C=O) groups is 1.